The zero-order chi connectivity index (χ0) is 13.0. The lowest BCUT2D eigenvalue weighted by Crippen LogP contribution is -2.49. The first-order valence-corrected chi connectivity index (χ1v) is 6.35. The van der Waals surface area contributed by atoms with Crippen LogP contribution in [0.4, 0.5) is 5.69 Å². The van der Waals surface area contributed by atoms with Crippen molar-refractivity contribution in [1.82, 2.24) is 15.2 Å². The van der Waals surface area contributed by atoms with Gasteiger partial charge in [-0.1, -0.05) is 11.6 Å². The van der Waals surface area contributed by atoms with Gasteiger partial charge in [-0.05, 0) is 6.07 Å². The van der Waals surface area contributed by atoms with E-state index in [2.05, 4.69) is 10.3 Å². The zero-order valence-corrected chi connectivity index (χ0v) is 11.2. The van der Waals surface area contributed by atoms with Crippen LogP contribution in [0, 0.1) is 0 Å². The summed E-state index contributed by atoms with van der Waals surface area (Å²) in [6, 6.07) is 1.81. The topological polar surface area (TPSA) is 48.5 Å². The van der Waals surface area contributed by atoms with Crippen molar-refractivity contribution in [1.29, 1.82) is 0 Å². The molecule has 0 unspecified atom stereocenters. The monoisotopic (exact) mass is 268 g/mol. The van der Waals surface area contributed by atoms with Gasteiger partial charge in [-0.25, -0.2) is 0 Å². The fourth-order valence-electron chi connectivity index (χ4n) is 1.98. The summed E-state index contributed by atoms with van der Waals surface area (Å²) in [5.74, 6) is 0.131. The lowest BCUT2D eigenvalue weighted by atomic mass is 10.3. The lowest BCUT2D eigenvalue weighted by molar-refractivity contribution is -0.130. The van der Waals surface area contributed by atoms with Crippen molar-refractivity contribution in [2.24, 2.45) is 0 Å². The standard InChI is InChI=1S/C12H17ClN4O/c1-16(11-2-3-15-8-10(11)13)9-12(18)17-6-4-14-5-7-17/h2-3,8,14H,4-7,9H2,1H3. The molecule has 0 saturated carbocycles. The molecule has 6 heteroatoms. The summed E-state index contributed by atoms with van der Waals surface area (Å²) >= 11 is 6.05. The largest absolute Gasteiger partial charge is 0.364 e. The summed E-state index contributed by atoms with van der Waals surface area (Å²) < 4.78 is 0. The maximum atomic E-state index is 12.1. The first kappa shape index (κ1) is 13.1. The van der Waals surface area contributed by atoms with Crippen LogP contribution in [0.1, 0.15) is 0 Å². The van der Waals surface area contributed by atoms with Crippen LogP contribution >= 0.6 is 11.6 Å². The third-order valence-electron chi connectivity index (χ3n) is 3.00. The average Bonchev–Trinajstić information content (AvgIpc) is 2.40. The molecular weight excluding hydrogens is 252 g/mol. The van der Waals surface area contributed by atoms with Crippen molar-refractivity contribution in [3.8, 4) is 0 Å². The van der Waals surface area contributed by atoms with Crippen LogP contribution in [-0.2, 0) is 4.79 Å². The minimum absolute atomic E-state index is 0.131. The number of carbonyl (C=O) groups is 1. The molecule has 1 aliphatic heterocycles. The van der Waals surface area contributed by atoms with Crippen molar-refractivity contribution >= 4 is 23.2 Å². The maximum absolute atomic E-state index is 12.1. The first-order valence-electron chi connectivity index (χ1n) is 5.97. The molecule has 2 heterocycles. The molecule has 98 valence electrons. The van der Waals surface area contributed by atoms with Gasteiger partial charge in [0.15, 0.2) is 0 Å². The molecule has 0 aromatic carbocycles. The molecule has 0 spiro atoms. The van der Waals surface area contributed by atoms with Gasteiger partial charge in [0.1, 0.15) is 0 Å². The number of piperazine rings is 1. The predicted octanol–water partition coefficient (Wildman–Crippen LogP) is 0.603. The highest BCUT2D eigenvalue weighted by Gasteiger charge is 2.18. The van der Waals surface area contributed by atoms with Crippen molar-refractivity contribution in [3.63, 3.8) is 0 Å². The van der Waals surface area contributed by atoms with E-state index >= 15 is 0 Å². The molecule has 1 N–H and O–H groups in total. The van der Waals surface area contributed by atoms with E-state index in [-0.39, 0.29) is 5.91 Å². The van der Waals surface area contributed by atoms with Crippen LogP contribution in [0.25, 0.3) is 0 Å². The van der Waals surface area contributed by atoms with E-state index < -0.39 is 0 Å². The summed E-state index contributed by atoms with van der Waals surface area (Å²) in [6.45, 7) is 3.62. The Labute approximate surface area is 112 Å². The van der Waals surface area contributed by atoms with Gasteiger partial charge < -0.3 is 15.1 Å². The number of carbonyl (C=O) groups excluding carboxylic acids is 1. The fraction of sp³-hybridized carbons (Fsp3) is 0.500. The van der Waals surface area contributed by atoms with E-state index in [0.717, 1.165) is 31.9 Å². The number of anilines is 1. The van der Waals surface area contributed by atoms with Crippen molar-refractivity contribution in [2.75, 3.05) is 44.7 Å². The summed E-state index contributed by atoms with van der Waals surface area (Å²) in [5.41, 5.74) is 0.829. The second kappa shape index (κ2) is 6.02. The number of amides is 1. The number of pyridine rings is 1. The Morgan fingerprint density at radius 1 is 1.56 bits per heavy atom. The van der Waals surface area contributed by atoms with Gasteiger partial charge >= 0.3 is 0 Å². The molecule has 5 nitrogen and oxygen atoms in total. The van der Waals surface area contributed by atoms with Crippen LogP contribution in [0.2, 0.25) is 5.02 Å². The SMILES string of the molecule is CN(CC(=O)N1CCNCC1)c1ccncc1Cl. The van der Waals surface area contributed by atoms with Gasteiger partial charge in [0.05, 0.1) is 17.3 Å². The summed E-state index contributed by atoms with van der Waals surface area (Å²) in [4.78, 5) is 19.8. The molecular formula is C12H17ClN4O. The molecule has 1 aliphatic rings. The van der Waals surface area contributed by atoms with Crippen LogP contribution in [0.15, 0.2) is 18.5 Å². The first-order chi connectivity index (χ1) is 8.68. The average molecular weight is 269 g/mol. The van der Waals surface area contributed by atoms with Gasteiger partial charge in [-0.2, -0.15) is 0 Å². The predicted molar refractivity (Wildman–Crippen MR) is 72.0 cm³/mol. The summed E-state index contributed by atoms with van der Waals surface area (Å²) in [5, 5.41) is 3.79. The summed E-state index contributed by atoms with van der Waals surface area (Å²) in [7, 11) is 1.86. The molecule has 0 aliphatic carbocycles. The quantitative estimate of drug-likeness (QED) is 0.872. The number of halogens is 1. The molecule has 0 radical (unpaired) electrons. The molecule has 1 aromatic heterocycles. The van der Waals surface area contributed by atoms with Gasteiger partial charge in [0.2, 0.25) is 5.91 Å². The second-order valence-electron chi connectivity index (χ2n) is 4.31. The van der Waals surface area contributed by atoms with Crippen LogP contribution in [-0.4, -0.2) is 55.6 Å². The molecule has 0 bridgehead atoms. The van der Waals surface area contributed by atoms with Crippen LogP contribution in [0.3, 0.4) is 0 Å². The molecule has 18 heavy (non-hydrogen) atoms. The van der Waals surface area contributed by atoms with Crippen molar-refractivity contribution in [3.05, 3.63) is 23.5 Å². The van der Waals surface area contributed by atoms with Crippen LogP contribution < -0.4 is 10.2 Å². The second-order valence-corrected chi connectivity index (χ2v) is 4.72. The normalized spacial score (nSPS) is 15.6. The van der Waals surface area contributed by atoms with Gasteiger partial charge in [0.25, 0.3) is 0 Å². The number of nitrogens with one attached hydrogen (secondary N) is 1. The number of hydrogen-bond acceptors (Lipinski definition) is 4. The number of aromatic nitrogens is 1. The van der Waals surface area contributed by atoms with Gasteiger partial charge in [-0.3, -0.25) is 9.78 Å². The lowest BCUT2D eigenvalue weighted by Gasteiger charge is -2.30. The Balaban J connectivity index is 1.96. The minimum Gasteiger partial charge on any atom is -0.364 e. The number of nitrogens with zero attached hydrogens (tertiary/aromatic N) is 3. The smallest absolute Gasteiger partial charge is 0.242 e. The highest BCUT2D eigenvalue weighted by molar-refractivity contribution is 6.33. The highest BCUT2D eigenvalue weighted by Crippen LogP contribution is 2.22. The van der Waals surface area contributed by atoms with E-state index in [1.165, 1.54) is 0 Å². The van der Waals surface area contributed by atoms with Gasteiger partial charge in [-0.15, -0.1) is 0 Å². The van der Waals surface area contributed by atoms with Crippen LogP contribution in [0.5, 0.6) is 0 Å². The Hall–Kier alpha value is -1.33. The van der Waals surface area contributed by atoms with E-state index in [1.807, 2.05) is 22.9 Å². The van der Waals surface area contributed by atoms with E-state index in [9.17, 15) is 4.79 Å². The third kappa shape index (κ3) is 3.11. The van der Waals surface area contributed by atoms with Gasteiger partial charge in [0, 0.05) is 45.6 Å². The van der Waals surface area contributed by atoms with Crippen molar-refractivity contribution < 1.29 is 4.79 Å². The Morgan fingerprint density at radius 2 is 2.28 bits per heavy atom. The molecule has 1 fully saturated rings. The number of likely N-dealkylation sites (N-methyl/N-ethyl adjacent to an activating group) is 1. The minimum atomic E-state index is 0.131. The number of hydrogen-bond donors (Lipinski definition) is 1. The highest BCUT2D eigenvalue weighted by atomic mass is 35.5. The molecule has 1 saturated heterocycles. The Kier molecular flexibility index (Phi) is 4.38. The maximum Gasteiger partial charge on any atom is 0.242 e. The molecule has 1 aromatic rings. The molecule has 0 atom stereocenters. The zero-order valence-electron chi connectivity index (χ0n) is 10.4. The number of rotatable bonds is 3. The van der Waals surface area contributed by atoms with E-state index in [0.29, 0.717) is 11.6 Å². The molecule has 1 amide bonds. The third-order valence-corrected chi connectivity index (χ3v) is 3.30. The fourth-order valence-corrected chi connectivity index (χ4v) is 2.24. The Morgan fingerprint density at radius 3 is 2.94 bits per heavy atom. The van der Waals surface area contributed by atoms with E-state index in [1.54, 1.807) is 12.4 Å². The summed E-state index contributed by atoms with van der Waals surface area (Å²) in [6.07, 6.45) is 3.26. The van der Waals surface area contributed by atoms with E-state index in [4.69, 9.17) is 11.6 Å². The van der Waals surface area contributed by atoms with Crippen molar-refractivity contribution in [2.45, 2.75) is 0 Å². The Bertz CT molecular complexity index is 420. The molecule has 2 rings (SSSR count).